The zero-order valence-electron chi connectivity index (χ0n) is 15.3. The van der Waals surface area contributed by atoms with Gasteiger partial charge in [-0.15, -0.1) is 0 Å². The number of anilines is 1. The Kier molecular flexibility index (Phi) is 5.62. The Bertz CT molecular complexity index is 1080. The molecule has 4 rings (SSSR count). The third-order valence-electron chi connectivity index (χ3n) is 4.87. The van der Waals surface area contributed by atoms with Gasteiger partial charge in [0.05, 0.1) is 11.9 Å². The topological polar surface area (TPSA) is 105 Å². The van der Waals surface area contributed by atoms with Crippen LogP contribution in [0.4, 0.5) is 14.6 Å². The fraction of sp³-hybridized carbons (Fsp3) is 0.412. The van der Waals surface area contributed by atoms with Crippen LogP contribution in [0.15, 0.2) is 30.7 Å². The van der Waals surface area contributed by atoms with E-state index < -0.39 is 17.3 Å². The molecule has 1 N–H and O–H groups in total. The molecule has 4 heterocycles. The highest BCUT2D eigenvalue weighted by Gasteiger charge is 2.22. The normalized spacial score (nSPS) is 17.5. The van der Waals surface area contributed by atoms with Gasteiger partial charge in [0, 0.05) is 25.7 Å². The number of hydrogen-bond acceptors (Lipinski definition) is 7. The number of imidazole rings is 1. The zero-order chi connectivity index (χ0) is 20.4. The molecule has 0 bridgehead atoms. The van der Waals surface area contributed by atoms with Gasteiger partial charge in [-0.05, 0) is 30.9 Å². The summed E-state index contributed by atoms with van der Waals surface area (Å²) in [7, 11) is -2.61. The van der Waals surface area contributed by atoms with Crippen molar-refractivity contribution in [1.82, 2.24) is 29.3 Å². The molecule has 9 nitrogen and oxygen atoms in total. The number of nitrogens with one attached hydrogen (secondary N) is 1. The number of thiol groups is 1. The molecule has 0 amide bonds. The summed E-state index contributed by atoms with van der Waals surface area (Å²) < 4.78 is 51.4. The van der Waals surface area contributed by atoms with Crippen molar-refractivity contribution in [3.8, 4) is 11.4 Å². The van der Waals surface area contributed by atoms with Crippen LogP contribution >= 0.6 is 0 Å². The number of aromatic nitrogens is 5. The summed E-state index contributed by atoms with van der Waals surface area (Å²) >= 11 is 0. The molecule has 1 atom stereocenters. The molecule has 0 aromatic carbocycles. The average molecular weight is 423 g/mol. The molecule has 1 aliphatic heterocycles. The van der Waals surface area contributed by atoms with Crippen LogP contribution in [-0.2, 0) is 10.9 Å². The summed E-state index contributed by atoms with van der Waals surface area (Å²) in [4.78, 5) is 14.9. The molecule has 1 aliphatic rings. The van der Waals surface area contributed by atoms with Gasteiger partial charge in [0.15, 0.2) is 5.65 Å². The smallest absolute Gasteiger partial charge is 0.282 e. The van der Waals surface area contributed by atoms with Crippen LogP contribution in [0.25, 0.3) is 17.0 Å². The van der Waals surface area contributed by atoms with Gasteiger partial charge in [-0.2, -0.15) is 5.10 Å². The summed E-state index contributed by atoms with van der Waals surface area (Å²) in [5, 5.41) is 3.97. The second kappa shape index (κ2) is 8.33. The molecule has 0 spiro atoms. The third-order valence-corrected chi connectivity index (χ3v) is 5.31. The Morgan fingerprint density at radius 1 is 1.24 bits per heavy atom. The summed E-state index contributed by atoms with van der Waals surface area (Å²) in [5.41, 5.74) is 1.11. The van der Waals surface area contributed by atoms with Gasteiger partial charge in [0.1, 0.15) is 23.5 Å². The van der Waals surface area contributed by atoms with Crippen LogP contribution in [0, 0.1) is 5.92 Å². The second-order valence-electron chi connectivity index (χ2n) is 6.81. The molecule has 3 aromatic rings. The van der Waals surface area contributed by atoms with E-state index in [-0.39, 0.29) is 11.6 Å². The summed E-state index contributed by atoms with van der Waals surface area (Å²) in [5.74, 6) is 0.868. The molecule has 0 radical (unpaired) electrons. The lowest BCUT2D eigenvalue weighted by Gasteiger charge is -2.33. The van der Waals surface area contributed by atoms with Crippen molar-refractivity contribution in [2.75, 3.05) is 24.5 Å². The van der Waals surface area contributed by atoms with E-state index in [2.05, 4.69) is 29.7 Å². The first-order valence-corrected chi connectivity index (χ1v) is 10.3. The first-order chi connectivity index (χ1) is 14.0. The van der Waals surface area contributed by atoms with Crippen molar-refractivity contribution >= 4 is 22.4 Å². The van der Waals surface area contributed by atoms with E-state index in [4.69, 9.17) is 0 Å². The molecule has 29 heavy (non-hydrogen) atoms. The minimum atomic E-state index is -2.68. The predicted octanol–water partition coefficient (Wildman–Crippen LogP) is 1.46. The number of hydrogen-bond donors (Lipinski definition) is 2. The highest BCUT2D eigenvalue weighted by Crippen LogP contribution is 2.26. The Morgan fingerprint density at radius 3 is 2.90 bits per heavy atom. The van der Waals surface area contributed by atoms with Crippen molar-refractivity contribution in [2.24, 2.45) is 5.92 Å². The quantitative estimate of drug-likeness (QED) is 0.578. The number of alkyl halides is 2. The lowest BCUT2D eigenvalue weighted by molar-refractivity contribution is 0.144. The monoisotopic (exact) mass is 423 g/mol. The van der Waals surface area contributed by atoms with Crippen LogP contribution in [0.3, 0.4) is 0 Å². The van der Waals surface area contributed by atoms with Crippen molar-refractivity contribution in [3.63, 3.8) is 0 Å². The largest absolute Gasteiger partial charge is 0.356 e. The molecular formula is C17H19F2N7O2S. The Labute approximate surface area is 166 Å². The van der Waals surface area contributed by atoms with Crippen LogP contribution in [0.1, 0.15) is 25.0 Å². The van der Waals surface area contributed by atoms with Gasteiger partial charge >= 0.3 is 0 Å². The van der Waals surface area contributed by atoms with E-state index in [0.717, 1.165) is 19.4 Å². The van der Waals surface area contributed by atoms with Gasteiger partial charge < -0.3 is 4.90 Å². The summed E-state index contributed by atoms with van der Waals surface area (Å²) in [6.45, 7) is 1.84. The van der Waals surface area contributed by atoms with Crippen LogP contribution < -0.4 is 9.62 Å². The minimum Gasteiger partial charge on any atom is -0.356 e. The molecule has 0 saturated carbocycles. The number of halogens is 2. The van der Waals surface area contributed by atoms with E-state index in [1.54, 1.807) is 6.07 Å². The molecule has 3 aromatic heterocycles. The molecule has 1 fully saturated rings. The fourth-order valence-electron chi connectivity index (χ4n) is 3.48. The van der Waals surface area contributed by atoms with Crippen LogP contribution in [0.5, 0.6) is 0 Å². The lowest BCUT2D eigenvalue weighted by Crippen LogP contribution is -2.39. The second-order valence-corrected chi connectivity index (χ2v) is 7.64. The first kappa shape index (κ1) is 19.6. The van der Waals surface area contributed by atoms with Gasteiger partial charge in [-0.3, -0.25) is 0 Å². The van der Waals surface area contributed by atoms with Crippen molar-refractivity contribution in [2.45, 2.75) is 19.3 Å². The van der Waals surface area contributed by atoms with E-state index in [1.165, 1.54) is 29.2 Å². The van der Waals surface area contributed by atoms with E-state index in [0.29, 0.717) is 35.9 Å². The molecular weight excluding hydrogens is 404 g/mol. The summed E-state index contributed by atoms with van der Waals surface area (Å²) in [6, 6.07) is 4.51. The van der Waals surface area contributed by atoms with Gasteiger partial charge in [-0.1, -0.05) is 0 Å². The standard InChI is InChI=1S/C17H19F2N7O2S/c18-17(19)12-3-4-15-20-8-14(26(15)24-12)13-6-16(22-10-21-13)25-5-1-2-11(9-25)7-23-29(27)28/h3-4,6,8,10-11,17,29H,1-2,5,7,9H2,(H,23,27,28). The van der Waals surface area contributed by atoms with Gasteiger partial charge in [0.25, 0.3) is 6.43 Å². The number of fused-ring (bicyclic) bond motifs is 1. The molecule has 1 saturated heterocycles. The number of rotatable bonds is 6. The third kappa shape index (κ3) is 4.32. The zero-order valence-corrected chi connectivity index (χ0v) is 16.2. The maximum Gasteiger partial charge on any atom is 0.282 e. The Hall–Kier alpha value is -2.73. The predicted molar refractivity (Wildman–Crippen MR) is 102 cm³/mol. The van der Waals surface area contributed by atoms with Crippen LogP contribution in [-0.4, -0.2) is 52.6 Å². The lowest BCUT2D eigenvalue weighted by atomic mass is 9.98. The van der Waals surface area contributed by atoms with Crippen LogP contribution in [0.2, 0.25) is 0 Å². The Balaban J connectivity index is 1.61. The van der Waals surface area contributed by atoms with E-state index in [9.17, 15) is 17.2 Å². The first-order valence-electron chi connectivity index (χ1n) is 9.09. The minimum absolute atomic E-state index is 0.182. The molecule has 1 unspecified atom stereocenters. The highest BCUT2D eigenvalue weighted by molar-refractivity contribution is 7.70. The van der Waals surface area contributed by atoms with Gasteiger partial charge in [-0.25, -0.2) is 41.4 Å². The van der Waals surface area contributed by atoms with Crippen molar-refractivity contribution in [3.05, 3.63) is 36.4 Å². The Morgan fingerprint density at radius 2 is 2.10 bits per heavy atom. The maximum atomic E-state index is 13.0. The maximum absolute atomic E-state index is 13.0. The van der Waals surface area contributed by atoms with E-state index >= 15 is 0 Å². The SMILES string of the molecule is O=[SH](=O)NCC1CCCN(c2cc(-c3cnc4ccc(C(F)F)nn34)ncn2)C1. The number of nitrogens with zero attached hydrogens (tertiary/aromatic N) is 6. The van der Waals surface area contributed by atoms with Crippen molar-refractivity contribution in [1.29, 1.82) is 0 Å². The highest BCUT2D eigenvalue weighted by atomic mass is 32.2. The summed E-state index contributed by atoms with van der Waals surface area (Å²) in [6.07, 6.45) is 2.11. The number of piperidine rings is 1. The molecule has 0 aliphatic carbocycles. The van der Waals surface area contributed by atoms with Crippen molar-refractivity contribution < 1.29 is 17.2 Å². The fourth-order valence-corrected chi connectivity index (χ4v) is 3.89. The van der Waals surface area contributed by atoms with E-state index in [1.807, 2.05) is 0 Å². The van der Waals surface area contributed by atoms with Gasteiger partial charge in [0.2, 0.25) is 10.9 Å². The molecule has 154 valence electrons. The molecule has 12 heteroatoms. The average Bonchev–Trinajstić information content (AvgIpc) is 3.16.